The Balaban J connectivity index is 1.57. The number of carbonyl (C=O) groups excluding carboxylic acids is 1. The van der Waals surface area contributed by atoms with Gasteiger partial charge in [0.2, 0.25) is 5.91 Å². The molecular formula is C19H23N3OS. The highest BCUT2D eigenvalue weighted by Gasteiger charge is 2.31. The third kappa shape index (κ3) is 2.81. The van der Waals surface area contributed by atoms with Crippen molar-refractivity contribution >= 4 is 28.1 Å². The number of anilines is 2. The maximum Gasteiger partial charge on any atom is 0.230 e. The second-order valence-corrected chi connectivity index (χ2v) is 7.56. The summed E-state index contributed by atoms with van der Waals surface area (Å²) in [4.78, 5) is 19.5. The number of carbonyl (C=O) groups is 1. The molecule has 0 atom stereocenters. The Morgan fingerprint density at radius 1 is 1.29 bits per heavy atom. The maximum absolute atomic E-state index is 12.9. The first-order valence-electron chi connectivity index (χ1n) is 8.84. The molecule has 4 rings (SSSR count). The lowest BCUT2D eigenvalue weighted by atomic mass is 9.88. The lowest BCUT2D eigenvalue weighted by molar-refractivity contribution is -0.123. The molecule has 1 amide bonds. The van der Waals surface area contributed by atoms with Crippen molar-refractivity contribution in [3.05, 3.63) is 29.1 Å². The molecule has 0 bridgehead atoms. The highest BCUT2D eigenvalue weighted by Crippen LogP contribution is 2.35. The minimum Gasteiger partial charge on any atom is -0.365 e. The number of thiazole rings is 1. The van der Waals surface area contributed by atoms with Crippen molar-refractivity contribution in [3.63, 3.8) is 0 Å². The van der Waals surface area contributed by atoms with Crippen LogP contribution in [0.4, 0.5) is 10.8 Å². The lowest BCUT2D eigenvalue weighted by Crippen LogP contribution is -2.35. The summed E-state index contributed by atoms with van der Waals surface area (Å²) in [5, 5.41) is 6.09. The Labute approximate surface area is 146 Å². The van der Waals surface area contributed by atoms with Crippen LogP contribution in [0, 0.1) is 5.92 Å². The number of rotatable bonds is 3. The van der Waals surface area contributed by atoms with Crippen molar-refractivity contribution in [3.8, 4) is 11.3 Å². The van der Waals surface area contributed by atoms with Crippen molar-refractivity contribution in [2.45, 2.75) is 38.5 Å². The third-order valence-electron chi connectivity index (χ3n) is 5.21. The second kappa shape index (κ2) is 6.55. The monoisotopic (exact) mass is 341 g/mol. The van der Waals surface area contributed by atoms with Gasteiger partial charge in [0.1, 0.15) is 0 Å². The molecule has 0 radical (unpaired) electrons. The van der Waals surface area contributed by atoms with Crippen molar-refractivity contribution < 1.29 is 4.79 Å². The first-order chi connectivity index (χ1) is 11.8. The molecule has 2 aromatic rings. The van der Waals surface area contributed by atoms with Gasteiger partial charge in [0.05, 0.1) is 5.69 Å². The van der Waals surface area contributed by atoms with Gasteiger partial charge in [0.25, 0.3) is 0 Å². The summed E-state index contributed by atoms with van der Waals surface area (Å²) >= 11 is 1.62. The number of benzene rings is 1. The molecule has 0 unspecified atom stereocenters. The third-order valence-corrected chi connectivity index (χ3v) is 6.07. The molecule has 24 heavy (non-hydrogen) atoms. The van der Waals surface area contributed by atoms with E-state index in [0.717, 1.165) is 47.9 Å². The molecule has 1 aromatic heterocycles. The predicted octanol–water partition coefficient (Wildman–Crippen LogP) is 4.32. The molecule has 1 N–H and O–H groups in total. The van der Waals surface area contributed by atoms with Crippen LogP contribution in [0.2, 0.25) is 0 Å². The molecule has 0 spiro atoms. The summed E-state index contributed by atoms with van der Waals surface area (Å²) in [6, 6.07) is 6.41. The highest BCUT2D eigenvalue weighted by atomic mass is 32.1. The first-order valence-corrected chi connectivity index (χ1v) is 9.72. The van der Waals surface area contributed by atoms with Gasteiger partial charge in [-0.15, -0.1) is 11.3 Å². The molecule has 2 heterocycles. The number of fused-ring (bicyclic) bond motifs is 1. The summed E-state index contributed by atoms with van der Waals surface area (Å²) in [5.41, 5.74) is 4.52. The molecule has 5 heteroatoms. The molecule has 4 nitrogen and oxygen atoms in total. The minimum absolute atomic E-state index is 0.237. The van der Waals surface area contributed by atoms with Crippen LogP contribution in [0.25, 0.3) is 11.3 Å². The fourth-order valence-electron chi connectivity index (χ4n) is 3.88. The molecule has 126 valence electrons. The van der Waals surface area contributed by atoms with Gasteiger partial charge >= 0.3 is 0 Å². The number of hydrogen-bond acceptors (Lipinski definition) is 4. The Morgan fingerprint density at radius 2 is 2.12 bits per heavy atom. The fraction of sp³-hybridized carbons (Fsp3) is 0.474. The number of nitrogens with zero attached hydrogens (tertiary/aromatic N) is 2. The molecule has 0 saturated heterocycles. The van der Waals surface area contributed by atoms with Crippen molar-refractivity contribution in [1.82, 2.24) is 4.98 Å². The van der Waals surface area contributed by atoms with Crippen molar-refractivity contribution in [2.24, 2.45) is 5.92 Å². The average Bonchev–Trinajstić information content (AvgIpc) is 3.28. The number of amides is 1. The summed E-state index contributed by atoms with van der Waals surface area (Å²) < 4.78 is 0. The minimum atomic E-state index is 0.237. The fourth-order valence-corrected chi connectivity index (χ4v) is 4.56. The van der Waals surface area contributed by atoms with Gasteiger partial charge in [0, 0.05) is 36.1 Å². The standard InChI is InChI=1S/C19H23N3OS/c1-20-19-21-16(12-24-19)14-7-8-17-15(11-14)9-10-22(17)18(23)13-5-3-2-4-6-13/h7-8,11-13H,2-6,9-10H2,1H3,(H,20,21). The smallest absolute Gasteiger partial charge is 0.230 e. The maximum atomic E-state index is 12.9. The van der Waals surface area contributed by atoms with E-state index in [2.05, 4.69) is 33.9 Å². The zero-order valence-corrected chi connectivity index (χ0v) is 14.9. The normalized spacial score (nSPS) is 17.8. The summed E-state index contributed by atoms with van der Waals surface area (Å²) in [6.45, 7) is 0.826. The van der Waals surface area contributed by atoms with Gasteiger partial charge in [-0.3, -0.25) is 4.79 Å². The molecule has 2 aliphatic rings. The van der Waals surface area contributed by atoms with E-state index in [1.54, 1.807) is 11.3 Å². The van der Waals surface area contributed by atoms with Gasteiger partial charge in [-0.25, -0.2) is 4.98 Å². The lowest BCUT2D eigenvalue weighted by Gasteiger charge is -2.26. The summed E-state index contributed by atoms with van der Waals surface area (Å²) in [6.07, 6.45) is 6.76. The second-order valence-electron chi connectivity index (χ2n) is 6.71. The van der Waals surface area contributed by atoms with E-state index in [1.165, 1.54) is 24.8 Å². The van der Waals surface area contributed by atoms with E-state index >= 15 is 0 Å². The molecule has 1 aliphatic heterocycles. The van der Waals surface area contributed by atoms with Gasteiger partial charge in [-0.2, -0.15) is 0 Å². The highest BCUT2D eigenvalue weighted by molar-refractivity contribution is 7.14. The van der Waals surface area contributed by atoms with Crippen LogP contribution in [0.3, 0.4) is 0 Å². The van der Waals surface area contributed by atoms with E-state index in [0.29, 0.717) is 5.91 Å². The van der Waals surface area contributed by atoms with Crippen LogP contribution in [0.5, 0.6) is 0 Å². The Bertz CT molecular complexity index is 749. The molecule has 1 saturated carbocycles. The van der Waals surface area contributed by atoms with Crippen LogP contribution >= 0.6 is 11.3 Å². The Morgan fingerprint density at radius 3 is 2.88 bits per heavy atom. The average molecular weight is 341 g/mol. The van der Waals surface area contributed by atoms with E-state index in [1.807, 2.05) is 11.9 Å². The number of hydrogen-bond donors (Lipinski definition) is 1. The summed E-state index contributed by atoms with van der Waals surface area (Å²) in [5.74, 6) is 0.577. The van der Waals surface area contributed by atoms with Crippen LogP contribution < -0.4 is 10.2 Å². The van der Waals surface area contributed by atoms with Crippen molar-refractivity contribution in [2.75, 3.05) is 23.8 Å². The van der Waals surface area contributed by atoms with E-state index in [4.69, 9.17) is 0 Å². The Kier molecular flexibility index (Phi) is 4.27. The van der Waals surface area contributed by atoms with Crippen LogP contribution in [-0.2, 0) is 11.2 Å². The molecule has 1 fully saturated rings. The van der Waals surface area contributed by atoms with Gasteiger partial charge in [0.15, 0.2) is 5.13 Å². The van der Waals surface area contributed by atoms with Crippen LogP contribution in [0.15, 0.2) is 23.6 Å². The summed E-state index contributed by atoms with van der Waals surface area (Å²) in [7, 11) is 1.89. The topological polar surface area (TPSA) is 45.2 Å². The number of nitrogens with one attached hydrogen (secondary N) is 1. The van der Waals surface area contributed by atoms with Gasteiger partial charge < -0.3 is 10.2 Å². The van der Waals surface area contributed by atoms with Gasteiger partial charge in [-0.1, -0.05) is 25.3 Å². The molecular weight excluding hydrogens is 318 g/mol. The van der Waals surface area contributed by atoms with Crippen molar-refractivity contribution in [1.29, 1.82) is 0 Å². The van der Waals surface area contributed by atoms with Gasteiger partial charge in [-0.05, 0) is 37.0 Å². The van der Waals surface area contributed by atoms with Crippen LogP contribution in [-0.4, -0.2) is 24.5 Å². The largest absolute Gasteiger partial charge is 0.365 e. The first kappa shape index (κ1) is 15.6. The zero-order chi connectivity index (χ0) is 16.5. The van der Waals surface area contributed by atoms with E-state index in [-0.39, 0.29) is 5.92 Å². The Hall–Kier alpha value is -1.88. The molecule has 1 aliphatic carbocycles. The van der Waals surface area contributed by atoms with E-state index in [9.17, 15) is 4.79 Å². The zero-order valence-electron chi connectivity index (χ0n) is 14.0. The van der Waals surface area contributed by atoms with E-state index < -0.39 is 0 Å². The predicted molar refractivity (Wildman–Crippen MR) is 99.7 cm³/mol. The quantitative estimate of drug-likeness (QED) is 0.904. The molecule has 1 aromatic carbocycles. The van der Waals surface area contributed by atoms with Crippen LogP contribution in [0.1, 0.15) is 37.7 Å². The SMILES string of the molecule is CNc1nc(-c2ccc3c(c2)CCN3C(=O)C2CCCCC2)cs1. The number of aromatic nitrogens is 1.